The van der Waals surface area contributed by atoms with Crippen LogP contribution in [0.2, 0.25) is 0 Å². The van der Waals surface area contributed by atoms with Crippen LogP contribution in [0.5, 0.6) is 0 Å². The van der Waals surface area contributed by atoms with E-state index in [1.165, 1.54) is 4.31 Å². The van der Waals surface area contributed by atoms with Gasteiger partial charge in [-0.25, -0.2) is 5.14 Å². The zero-order valence-electron chi connectivity index (χ0n) is 7.60. The molecule has 3 N–H and O–H groups in total. The van der Waals surface area contributed by atoms with Crippen molar-refractivity contribution in [2.24, 2.45) is 11.1 Å². The molecule has 2 aliphatic rings. The molecule has 0 radical (unpaired) electrons. The summed E-state index contributed by atoms with van der Waals surface area (Å²) >= 11 is 0. The Hall–Kier alpha value is -0.170. The van der Waals surface area contributed by atoms with Crippen LogP contribution in [0.1, 0.15) is 13.3 Å². The smallest absolute Gasteiger partial charge is 0.277 e. The number of nitrogens with one attached hydrogen (secondary N) is 1. The van der Waals surface area contributed by atoms with Crippen LogP contribution in [0.3, 0.4) is 0 Å². The molecule has 2 rings (SSSR count). The molecule has 2 aliphatic heterocycles. The normalized spacial score (nSPS) is 40.9. The fourth-order valence-electron chi connectivity index (χ4n) is 2.57. The maximum absolute atomic E-state index is 11.3. The van der Waals surface area contributed by atoms with E-state index in [4.69, 9.17) is 5.14 Å². The lowest BCUT2D eigenvalue weighted by Gasteiger charge is -2.23. The number of hydrogen-bond donors (Lipinski definition) is 2. The Labute approximate surface area is 78.5 Å². The van der Waals surface area contributed by atoms with E-state index in [9.17, 15) is 8.42 Å². The largest absolute Gasteiger partial charge is 0.315 e. The third kappa shape index (κ3) is 1.48. The van der Waals surface area contributed by atoms with Gasteiger partial charge in [-0.1, -0.05) is 0 Å². The molecule has 76 valence electrons. The first-order valence-electron chi connectivity index (χ1n) is 4.52. The fourth-order valence-corrected chi connectivity index (χ4v) is 3.78. The van der Waals surface area contributed by atoms with Crippen molar-refractivity contribution in [3.05, 3.63) is 0 Å². The number of hydrogen-bond acceptors (Lipinski definition) is 3. The Balaban J connectivity index is 2.27. The van der Waals surface area contributed by atoms with Crippen LogP contribution in [-0.2, 0) is 10.2 Å². The zero-order valence-corrected chi connectivity index (χ0v) is 8.42. The van der Waals surface area contributed by atoms with Gasteiger partial charge in [-0.3, -0.25) is 0 Å². The highest BCUT2D eigenvalue weighted by molar-refractivity contribution is 7.86. The van der Waals surface area contributed by atoms with Crippen LogP contribution >= 0.6 is 0 Å². The molecule has 0 amide bonds. The van der Waals surface area contributed by atoms with Crippen molar-refractivity contribution in [3.8, 4) is 0 Å². The number of fused-ring (bicyclic) bond motifs is 1. The second-order valence-corrected chi connectivity index (χ2v) is 5.40. The molecule has 3 atom stereocenters. The van der Waals surface area contributed by atoms with Crippen LogP contribution < -0.4 is 10.5 Å². The van der Waals surface area contributed by atoms with E-state index in [2.05, 4.69) is 5.32 Å². The van der Waals surface area contributed by atoms with Gasteiger partial charge in [0.25, 0.3) is 10.2 Å². The lowest BCUT2D eigenvalue weighted by atomic mass is 10.0. The quantitative estimate of drug-likeness (QED) is 0.569. The SMILES string of the molecule is CC1CC2CNCC2N1S(N)(=O)=O. The molecule has 0 aromatic heterocycles. The second kappa shape index (κ2) is 2.91. The van der Waals surface area contributed by atoms with Crippen LogP contribution in [0.4, 0.5) is 0 Å². The molecule has 0 saturated carbocycles. The minimum atomic E-state index is -3.51. The van der Waals surface area contributed by atoms with Crippen molar-refractivity contribution in [2.45, 2.75) is 25.4 Å². The summed E-state index contributed by atoms with van der Waals surface area (Å²) in [4.78, 5) is 0. The molecule has 5 nitrogen and oxygen atoms in total. The summed E-state index contributed by atoms with van der Waals surface area (Å²) in [6.45, 7) is 3.58. The third-order valence-electron chi connectivity index (χ3n) is 3.00. The average Bonchev–Trinajstić information content (AvgIpc) is 2.41. The molecule has 0 aromatic carbocycles. The highest BCUT2D eigenvalue weighted by Gasteiger charge is 2.46. The molecule has 0 spiro atoms. The second-order valence-electron chi connectivity index (χ2n) is 3.95. The lowest BCUT2D eigenvalue weighted by Crippen LogP contribution is -2.46. The van der Waals surface area contributed by atoms with E-state index in [0.717, 1.165) is 19.5 Å². The first-order chi connectivity index (χ1) is 6.00. The maximum Gasteiger partial charge on any atom is 0.277 e. The molecule has 13 heavy (non-hydrogen) atoms. The summed E-state index contributed by atoms with van der Waals surface area (Å²) in [7, 11) is -3.51. The molecule has 3 unspecified atom stereocenters. The summed E-state index contributed by atoms with van der Waals surface area (Å²) in [6, 6.07) is 0.150. The summed E-state index contributed by atoms with van der Waals surface area (Å²) < 4.78 is 24.0. The van der Waals surface area contributed by atoms with Gasteiger partial charge >= 0.3 is 0 Å². The van der Waals surface area contributed by atoms with Gasteiger partial charge in [-0.15, -0.1) is 0 Å². The topological polar surface area (TPSA) is 75.4 Å². The van der Waals surface area contributed by atoms with Crippen molar-refractivity contribution < 1.29 is 8.42 Å². The Morgan fingerprint density at radius 1 is 1.46 bits per heavy atom. The van der Waals surface area contributed by atoms with Crippen LogP contribution in [0.25, 0.3) is 0 Å². The van der Waals surface area contributed by atoms with Crippen LogP contribution in [-0.4, -0.2) is 37.9 Å². The van der Waals surface area contributed by atoms with E-state index >= 15 is 0 Å². The molecule has 2 heterocycles. The summed E-state index contributed by atoms with van der Waals surface area (Å²) in [5, 5.41) is 8.34. The van der Waals surface area contributed by atoms with Gasteiger partial charge in [0, 0.05) is 18.6 Å². The Kier molecular flexibility index (Phi) is 2.10. The monoisotopic (exact) mass is 205 g/mol. The molecular formula is C7H15N3O2S. The molecule has 0 aromatic rings. The van der Waals surface area contributed by atoms with Gasteiger partial charge in [0.2, 0.25) is 0 Å². The minimum Gasteiger partial charge on any atom is -0.315 e. The maximum atomic E-state index is 11.3. The zero-order chi connectivity index (χ0) is 9.64. The van der Waals surface area contributed by atoms with Crippen LogP contribution in [0.15, 0.2) is 0 Å². The number of nitrogens with zero attached hydrogens (tertiary/aromatic N) is 1. The van der Waals surface area contributed by atoms with E-state index in [1.54, 1.807) is 0 Å². The van der Waals surface area contributed by atoms with Gasteiger partial charge in [-0.2, -0.15) is 12.7 Å². The lowest BCUT2D eigenvalue weighted by molar-refractivity contribution is 0.336. The Morgan fingerprint density at radius 2 is 2.15 bits per heavy atom. The molecule has 6 heteroatoms. The molecule has 2 fully saturated rings. The highest BCUT2D eigenvalue weighted by Crippen LogP contribution is 2.33. The fraction of sp³-hybridized carbons (Fsp3) is 1.00. The van der Waals surface area contributed by atoms with Crippen molar-refractivity contribution in [2.75, 3.05) is 13.1 Å². The molecule has 0 aliphatic carbocycles. The predicted octanol–water partition coefficient (Wildman–Crippen LogP) is -1.13. The predicted molar refractivity (Wildman–Crippen MR) is 49.2 cm³/mol. The van der Waals surface area contributed by atoms with E-state index in [-0.39, 0.29) is 12.1 Å². The van der Waals surface area contributed by atoms with Gasteiger partial charge in [0.05, 0.1) is 0 Å². The number of rotatable bonds is 1. The number of nitrogens with two attached hydrogens (primary N) is 1. The Bertz CT molecular complexity index is 303. The standard InChI is InChI=1S/C7H15N3O2S/c1-5-2-6-3-9-4-7(6)10(5)13(8,11)12/h5-7,9H,2-4H2,1H3,(H2,8,11,12). The average molecular weight is 205 g/mol. The van der Waals surface area contributed by atoms with E-state index in [1.807, 2.05) is 6.92 Å². The highest BCUT2D eigenvalue weighted by atomic mass is 32.2. The molecule has 0 bridgehead atoms. The van der Waals surface area contributed by atoms with E-state index < -0.39 is 10.2 Å². The molecular weight excluding hydrogens is 190 g/mol. The van der Waals surface area contributed by atoms with E-state index in [0.29, 0.717) is 5.92 Å². The van der Waals surface area contributed by atoms with Crippen molar-refractivity contribution in [3.63, 3.8) is 0 Å². The summed E-state index contributed by atoms with van der Waals surface area (Å²) in [5.74, 6) is 0.452. The van der Waals surface area contributed by atoms with Gasteiger partial charge < -0.3 is 5.32 Å². The summed E-state index contributed by atoms with van der Waals surface area (Å²) in [5.41, 5.74) is 0. The van der Waals surface area contributed by atoms with Crippen molar-refractivity contribution in [1.82, 2.24) is 9.62 Å². The Morgan fingerprint density at radius 3 is 2.77 bits per heavy atom. The van der Waals surface area contributed by atoms with Crippen molar-refractivity contribution in [1.29, 1.82) is 0 Å². The van der Waals surface area contributed by atoms with Crippen molar-refractivity contribution >= 4 is 10.2 Å². The first-order valence-corrected chi connectivity index (χ1v) is 6.02. The first kappa shape index (κ1) is 9.39. The van der Waals surface area contributed by atoms with Gasteiger partial charge in [-0.05, 0) is 25.8 Å². The summed E-state index contributed by atoms with van der Waals surface area (Å²) in [6.07, 6.45) is 0.925. The van der Waals surface area contributed by atoms with Gasteiger partial charge in [0.1, 0.15) is 0 Å². The minimum absolute atomic E-state index is 0.0621. The van der Waals surface area contributed by atoms with Crippen LogP contribution in [0, 0.1) is 5.92 Å². The third-order valence-corrected chi connectivity index (χ3v) is 4.22. The molecule has 2 saturated heterocycles. The van der Waals surface area contributed by atoms with Gasteiger partial charge in [0.15, 0.2) is 0 Å².